The van der Waals surface area contributed by atoms with Crippen LogP contribution in [0.5, 0.6) is 0 Å². The first kappa shape index (κ1) is 20.2. The number of aliphatic carboxylic acids is 2. The van der Waals surface area contributed by atoms with Gasteiger partial charge in [-0.2, -0.15) is 0 Å². The van der Waals surface area contributed by atoms with E-state index in [4.69, 9.17) is 29.3 Å². The van der Waals surface area contributed by atoms with Crippen LogP contribution in [-0.2, 0) is 28.7 Å². The van der Waals surface area contributed by atoms with Crippen molar-refractivity contribution in [2.75, 3.05) is 0 Å². The second kappa shape index (κ2) is 11.9. The summed E-state index contributed by atoms with van der Waals surface area (Å²) in [5, 5.41) is 14.8. The summed E-state index contributed by atoms with van der Waals surface area (Å²) in [6, 6.07) is 0. The molecular formula is C12H20O8. The van der Waals surface area contributed by atoms with Crippen LogP contribution in [0.1, 0.15) is 46.5 Å². The average Bonchev–Trinajstić information content (AvgIpc) is 2.27. The van der Waals surface area contributed by atoms with Gasteiger partial charge in [0.05, 0.1) is 0 Å². The van der Waals surface area contributed by atoms with E-state index in [1.165, 1.54) is 0 Å². The van der Waals surface area contributed by atoms with Crippen LogP contribution >= 0.6 is 0 Å². The molecule has 0 aliphatic carbocycles. The van der Waals surface area contributed by atoms with Crippen LogP contribution < -0.4 is 0 Å². The van der Waals surface area contributed by atoms with Crippen molar-refractivity contribution in [3.63, 3.8) is 0 Å². The molecule has 0 amide bonds. The van der Waals surface area contributed by atoms with Crippen molar-refractivity contribution in [1.82, 2.24) is 0 Å². The Balaban J connectivity index is 0. The number of rotatable bonds is 0. The van der Waals surface area contributed by atoms with Crippen molar-refractivity contribution >= 4 is 23.9 Å². The topological polar surface area (TPSA) is 127 Å². The highest BCUT2D eigenvalue weighted by Crippen LogP contribution is 2.09. The molecule has 0 atom stereocenters. The van der Waals surface area contributed by atoms with Gasteiger partial charge in [0.1, 0.15) is 0 Å². The number of hydrogen-bond donors (Lipinski definition) is 2. The largest absolute Gasteiger partial charge is 0.481 e. The van der Waals surface area contributed by atoms with Crippen molar-refractivity contribution < 1.29 is 38.9 Å². The molecule has 0 radical (unpaired) electrons. The van der Waals surface area contributed by atoms with E-state index in [1.807, 2.05) is 0 Å². The van der Waals surface area contributed by atoms with Crippen molar-refractivity contribution in [1.29, 1.82) is 0 Å². The number of ether oxygens (including phenoxy) is 2. The summed E-state index contributed by atoms with van der Waals surface area (Å²) in [6.45, 7) is 3.71. The standard InChI is InChI=1S/C8H12O4.2C2H4O2/c1-6-11-7(9)4-2-3-5-8(10)12-6;2*1-2(3)4/h6H,2-5H2,1H3;2*1H3,(H,3,4). The van der Waals surface area contributed by atoms with Crippen molar-refractivity contribution in [3.8, 4) is 0 Å². The van der Waals surface area contributed by atoms with Gasteiger partial charge in [-0.25, -0.2) is 0 Å². The summed E-state index contributed by atoms with van der Waals surface area (Å²) >= 11 is 0. The molecule has 1 saturated heterocycles. The predicted molar refractivity (Wildman–Crippen MR) is 66.7 cm³/mol. The first-order valence-corrected chi connectivity index (χ1v) is 5.93. The fourth-order valence-corrected chi connectivity index (χ4v) is 1.05. The molecule has 1 heterocycles. The summed E-state index contributed by atoms with van der Waals surface area (Å²) < 4.78 is 9.52. The lowest BCUT2D eigenvalue weighted by atomic mass is 10.2. The van der Waals surface area contributed by atoms with E-state index in [1.54, 1.807) is 6.92 Å². The Hall–Kier alpha value is -2.12. The zero-order valence-electron chi connectivity index (χ0n) is 11.7. The van der Waals surface area contributed by atoms with Crippen molar-refractivity contribution in [3.05, 3.63) is 0 Å². The summed E-state index contributed by atoms with van der Waals surface area (Å²) in [6.07, 6.45) is 1.41. The van der Waals surface area contributed by atoms with Crippen LogP contribution in [0, 0.1) is 0 Å². The number of carboxylic acids is 2. The molecule has 0 spiro atoms. The summed E-state index contributed by atoms with van der Waals surface area (Å²) in [7, 11) is 0. The summed E-state index contributed by atoms with van der Waals surface area (Å²) in [4.78, 5) is 39.8. The number of carboxylic acid groups (broad SMARTS) is 2. The van der Waals surface area contributed by atoms with Crippen molar-refractivity contribution in [2.24, 2.45) is 0 Å². The van der Waals surface area contributed by atoms with Crippen LogP contribution in [0.3, 0.4) is 0 Å². The molecule has 8 heteroatoms. The molecule has 1 rings (SSSR count). The lowest BCUT2D eigenvalue weighted by Crippen LogP contribution is -2.19. The zero-order chi connectivity index (χ0) is 16.1. The summed E-state index contributed by atoms with van der Waals surface area (Å²) in [5.41, 5.74) is 0. The Labute approximate surface area is 116 Å². The quantitative estimate of drug-likeness (QED) is 0.637. The summed E-state index contributed by atoms with van der Waals surface area (Å²) in [5.74, 6) is -2.26. The molecule has 1 aliphatic rings. The molecule has 20 heavy (non-hydrogen) atoms. The van der Waals surface area contributed by atoms with Gasteiger partial charge in [0.15, 0.2) is 0 Å². The lowest BCUT2D eigenvalue weighted by Gasteiger charge is -2.11. The number of hydrogen-bond acceptors (Lipinski definition) is 6. The highest BCUT2D eigenvalue weighted by Gasteiger charge is 2.16. The highest BCUT2D eigenvalue weighted by atomic mass is 16.7. The first-order chi connectivity index (χ1) is 9.15. The van der Waals surface area contributed by atoms with Gasteiger partial charge < -0.3 is 19.7 Å². The lowest BCUT2D eigenvalue weighted by molar-refractivity contribution is -0.183. The molecule has 8 nitrogen and oxygen atoms in total. The molecule has 0 saturated carbocycles. The molecule has 1 aliphatic heterocycles. The minimum Gasteiger partial charge on any atom is -0.481 e. The van der Waals surface area contributed by atoms with E-state index in [0.29, 0.717) is 25.7 Å². The smallest absolute Gasteiger partial charge is 0.308 e. The average molecular weight is 292 g/mol. The highest BCUT2D eigenvalue weighted by molar-refractivity contribution is 5.72. The molecule has 0 aromatic rings. The third-order valence-electron chi connectivity index (χ3n) is 1.61. The predicted octanol–water partition coefficient (Wildman–Crippen LogP) is 1.17. The van der Waals surface area contributed by atoms with E-state index < -0.39 is 18.2 Å². The minimum absolute atomic E-state index is 0.294. The third kappa shape index (κ3) is 21.2. The maximum Gasteiger partial charge on any atom is 0.308 e. The van der Waals surface area contributed by atoms with E-state index in [0.717, 1.165) is 13.8 Å². The second-order valence-electron chi connectivity index (χ2n) is 3.79. The Bertz CT molecular complexity index is 296. The molecule has 1 fully saturated rings. The van der Waals surface area contributed by atoms with E-state index in [2.05, 4.69) is 0 Å². The fraction of sp³-hybridized carbons (Fsp3) is 0.667. The monoisotopic (exact) mass is 292 g/mol. The van der Waals surface area contributed by atoms with E-state index in [-0.39, 0.29) is 11.9 Å². The molecule has 0 unspecified atom stereocenters. The Kier molecular flexibility index (Phi) is 12.1. The number of carbonyl (C=O) groups is 4. The zero-order valence-corrected chi connectivity index (χ0v) is 11.7. The van der Waals surface area contributed by atoms with Gasteiger partial charge in [-0.15, -0.1) is 0 Å². The SMILES string of the molecule is CC(=O)O.CC(=O)O.CC1OC(=O)CCCCC(=O)O1. The van der Waals surface area contributed by atoms with Crippen molar-refractivity contribution in [2.45, 2.75) is 52.7 Å². The van der Waals surface area contributed by atoms with Gasteiger partial charge in [0.2, 0.25) is 6.29 Å². The van der Waals surface area contributed by atoms with Gasteiger partial charge in [-0.3, -0.25) is 19.2 Å². The van der Waals surface area contributed by atoms with Crippen LogP contribution in [0.4, 0.5) is 0 Å². The third-order valence-corrected chi connectivity index (χ3v) is 1.61. The molecular weight excluding hydrogens is 272 g/mol. The van der Waals surface area contributed by atoms with Gasteiger partial charge in [-0.1, -0.05) is 0 Å². The van der Waals surface area contributed by atoms with Gasteiger partial charge in [0, 0.05) is 33.6 Å². The fourth-order valence-electron chi connectivity index (χ4n) is 1.05. The maximum atomic E-state index is 10.9. The maximum absolute atomic E-state index is 10.9. The number of cyclic esters (lactones) is 2. The Morgan fingerprint density at radius 3 is 1.45 bits per heavy atom. The van der Waals surface area contributed by atoms with Gasteiger partial charge in [-0.05, 0) is 12.8 Å². The Morgan fingerprint density at radius 2 is 1.20 bits per heavy atom. The molecule has 0 aromatic heterocycles. The Morgan fingerprint density at radius 1 is 0.950 bits per heavy atom. The van der Waals surface area contributed by atoms with Gasteiger partial charge in [0.25, 0.3) is 11.9 Å². The van der Waals surface area contributed by atoms with Crippen LogP contribution in [0.15, 0.2) is 0 Å². The van der Waals surface area contributed by atoms with Gasteiger partial charge >= 0.3 is 11.9 Å². The van der Waals surface area contributed by atoms with E-state index in [9.17, 15) is 9.59 Å². The van der Waals surface area contributed by atoms with Crippen LogP contribution in [0.25, 0.3) is 0 Å². The molecule has 2 N–H and O–H groups in total. The van der Waals surface area contributed by atoms with Crippen LogP contribution in [0.2, 0.25) is 0 Å². The molecule has 0 aromatic carbocycles. The molecule has 116 valence electrons. The second-order valence-corrected chi connectivity index (χ2v) is 3.79. The minimum atomic E-state index is -0.833. The molecule has 0 bridgehead atoms. The first-order valence-electron chi connectivity index (χ1n) is 5.93. The number of esters is 2. The van der Waals surface area contributed by atoms with E-state index >= 15 is 0 Å². The van der Waals surface area contributed by atoms with Crippen LogP contribution in [-0.4, -0.2) is 40.4 Å². The number of carbonyl (C=O) groups excluding carboxylic acids is 2. The normalized spacial score (nSPS) is 15.6.